The quantitative estimate of drug-likeness (QED) is 0.591. The standard InChI is InChI=1S/C12H13ClINO/c13-11-7-9(3-4-10(11)8-14)12(16)15-5-1-2-6-15/h3-4,7H,1-2,5-6,8H2. The van der Waals surface area contributed by atoms with Crippen LogP contribution in [0.3, 0.4) is 0 Å². The molecular formula is C12H13ClINO. The molecule has 0 atom stereocenters. The van der Waals surface area contributed by atoms with Gasteiger partial charge in [-0.25, -0.2) is 0 Å². The Morgan fingerprint density at radius 3 is 2.62 bits per heavy atom. The molecule has 2 nitrogen and oxygen atoms in total. The fourth-order valence-electron chi connectivity index (χ4n) is 1.89. The number of nitrogens with zero attached hydrogens (tertiary/aromatic N) is 1. The maximum Gasteiger partial charge on any atom is 0.253 e. The number of hydrogen-bond acceptors (Lipinski definition) is 1. The number of benzene rings is 1. The number of halogens is 2. The van der Waals surface area contributed by atoms with E-state index in [0.717, 1.165) is 35.9 Å². The molecule has 0 N–H and O–H groups in total. The van der Waals surface area contributed by atoms with Gasteiger partial charge in [0.1, 0.15) is 0 Å². The van der Waals surface area contributed by atoms with Crippen LogP contribution in [0, 0.1) is 0 Å². The Kier molecular flexibility index (Phi) is 4.08. The SMILES string of the molecule is O=C(c1ccc(CI)c(Cl)c1)N1CCCC1. The number of likely N-dealkylation sites (tertiary alicyclic amines) is 1. The van der Waals surface area contributed by atoms with Crippen molar-refractivity contribution in [2.24, 2.45) is 0 Å². The first kappa shape index (κ1) is 12.2. The molecule has 1 saturated heterocycles. The van der Waals surface area contributed by atoms with Crippen molar-refractivity contribution in [2.45, 2.75) is 17.3 Å². The summed E-state index contributed by atoms with van der Waals surface area (Å²) in [4.78, 5) is 14.0. The molecule has 0 aromatic heterocycles. The molecule has 2 rings (SSSR count). The number of hydrogen-bond donors (Lipinski definition) is 0. The van der Waals surface area contributed by atoms with Gasteiger partial charge in [0.15, 0.2) is 0 Å². The second-order valence-electron chi connectivity index (χ2n) is 3.94. The van der Waals surface area contributed by atoms with Crippen molar-refractivity contribution in [3.63, 3.8) is 0 Å². The third-order valence-corrected chi connectivity index (χ3v) is 4.01. The van der Waals surface area contributed by atoms with Crippen molar-refractivity contribution in [3.8, 4) is 0 Å². The molecule has 0 bridgehead atoms. The molecule has 0 unspecified atom stereocenters. The molecule has 1 fully saturated rings. The van der Waals surface area contributed by atoms with Crippen molar-refractivity contribution in [1.29, 1.82) is 0 Å². The van der Waals surface area contributed by atoms with Crippen LogP contribution in [0.15, 0.2) is 18.2 Å². The predicted octanol–water partition coefficient (Wildman–Crippen LogP) is 3.51. The zero-order valence-electron chi connectivity index (χ0n) is 8.88. The Morgan fingerprint density at radius 2 is 2.06 bits per heavy atom. The van der Waals surface area contributed by atoms with Gasteiger partial charge in [-0.3, -0.25) is 4.79 Å². The van der Waals surface area contributed by atoms with Crippen molar-refractivity contribution in [3.05, 3.63) is 34.3 Å². The minimum absolute atomic E-state index is 0.111. The van der Waals surface area contributed by atoms with Crippen molar-refractivity contribution in [1.82, 2.24) is 4.90 Å². The van der Waals surface area contributed by atoms with Crippen LogP contribution in [0.1, 0.15) is 28.8 Å². The van der Waals surface area contributed by atoms with Gasteiger partial charge in [0.05, 0.1) is 0 Å². The molecule has 0 radical (unpaired) electrons. The van der Waals surface area contributed by atoms with Crippen molar-refractivity contribution >= 4 is 40.1 Å². The normalized spacial score (nSPS) is 15.5. The minimum atomic E-state index is 0.111. The highest BCUT2D eigenvalue weighted by Crippen LogP contribution is 2.22. The third kappa shape index (κ3) is 2.51. The largest absolute Gasteiger partial charge is 0.339 e. The van der Waals surface area contributed by atoms with E-state index in [1.165, 1.54) is 0 Å². The highest BCUT2D eigenvalue weighted by atomic mass is 127. The van der Waals surface area contributed by atoms with Gasteiger partial charge in [0.2, 0.25) is 0 Å². The van der Waals surface area contributed by atoms with Crippen LogP contribution in [0.2, 0.25) is 5.02 Å². The number of alkyl halides is 1. The smallest absolute Gasteiger partial charge is 0.253 e. The number of rotatable bonds is 2. The Hall–Kier alpha value is -0.290. The van der Waals surface area contributed by atoms with E-state index < -0.39 is 0 Å². The molecule has 0 saturated carbocycles. The Balaban J connectivity index is 2.20. The van der Waals surface area contributed by atoms with Crippen LogP contribution in [0.5, 0.6) is 0 Å². The fourth-order valence-corrected chi connectivity index (χ4v) is 3.03. The molecule has 4 heteroatoms. The van der Waals surface area contributed by atoms with Gasteiger partial charge in [-0.05, 0) is 30.5 Å². The first-order chi connectivity index (χ1) is 7.72. The summed E-state index contributed by atoms with van der Waals surface area (Å²) in [6, 6.07) is 5.61. The lowest BCUT2D eigenvalue weighted by Crippen LogP contribution is -2.27. The van der Waals surface area contributed by atoms with E-state index in [1.807, 2.05) is 17.0 Å². The summed E-state index contributed by atoms with van der Waals surface area (Å²) in [6.07, 6.45) is 2.23. The van der Waals surface area contributed by atoms with Gasteiger partial charge in [-0.2, -0.15) is 0 Å². The van der Waals surface area contributed by atoms with Crippen molar-refractivity contribution in [2.75, 3.05) is 13.1 Å². The molecule has 1 aromatic rings. The maximum absolute atomic E-state index is 12.1. The van der Waals surface area contributed by atoms with Crippen LogP contribution < -0.4 is 0 Å². The van der Waals surface area contributed by atoms with Gasteiger partial charge in [-0.1, -0.05) is 40.3 Å². The monoisotopic (exact) mass is 349 g/mol. The minimum Gasteiger partial charge on any atom is -0.339 e. The molecular weight excluding hydrogens is 336 g/mol. The summed E-state index contributed by atoms with van der Waals surface area (Å²) in [7, 11) is 0. The van der Waals surface area contributed by atoms with Gasteiger partial charge >= 0.3 is 0 Å². The van der Waals surface area contributed by atoms with Gasteiger partial charge in [-0.15, -0.1) is 0 Å². The summed E-state index contributed by atoms with van der Waals surface area (Å²) in [5.41, 5.74) is 1.79. The van der Waals surface area contributed by atoms with Crippen LogP contribution in [0.4, 0.5) is 0 Å². The first-order valence-corrected chi connectivity index (χ1v) is 7.26. The highest BCUT2D eigenvalue weighted by molar-refractivity contribution is 14.1. The number of carbonyl (C=O) groups is 1. The van der Waals surface area contributed by atoms with E-state index in [9.17, 15) is 4.79 Å². The van der Waals surface area contributed by atoms with Gasteiger partial charge in [0, 0.05) is 28.1 Å². The van der Waals surface area contributed by atoms with E-state index in [2.05, 4.69) is 22.6 Å². The molecule has 1 aliphatic rings. The Morgan fingerprint density at radius 1 is 1.38 bits per heavy atom. The average Bonchev–Trinajstić information content (AvgIpc) is 2.81. The third-order valence-electron chi connectivity index (χ3n) is 2.84. The molecule has 1 aromatic carbocycles. The molecule has 1 aliphatic heterocycles. The first-order valence-electron chi connectivity index (χ1n) is 5.36. The van der Waals surface area contributed by atoms with E-state index in [4.69, 9.17) is 11.6 Å². The Labute approximate surface area is 114 Å². The lowest BCUT2D eigenvalue weighted by atomic mass is 10.1. The van der Waals surface area contributed by atoms with Crippen LogP contribution in [-0.4, -0.2) is 23.9 Å². The lowest BCUT2D eigenvalue weighted by Gasteiger charge is -2.15. The van der Waals surface area contributed by atoms with E-state index >= 15 is 0 Å². The van der Waals surface area contributed by atoms with Crippen LogP contribution >= 0.6 is 34.2 Å². The number of amides is 1. The van der Waals surface area contributed by atoms with Gasteiger partial charge in [0.25, 0.3) is 5.91 Å². The second-order valence-corrected chi connectivity index (χ2v) is 5.11. The molecule has 86 valence electrons. The van der Waals surface area contributed by atoms with E-state index in [1.54, 1.807) is 6.07 Å². The topological polar surface area (TPSA) is 20.3 Å². The second kappa shape index (κ2) is 5.36. The van der Waals surface area contributed by atoms with E-state index in [-0.39, 0.29) is 5.91 Å². The predicted molar refractivity (Wildman–Crippen MR) is 74.3 cm³/mol. The highest BCUT2D eigenvalue weighted by Gasteiger charge is 2.19. The lowest BCUT2D eigenvalue weighted by molar-refractivity contribution is 0.0793. The van der Waals surface area contributed by atoms with Crippen molar-refractivity contribution < 1.29 is 4.79 Å². The summed E-state index contributed by atoms with van der Waals surface area (Å²) in [5.74, 6) is 0.111. The molecule has 1 amide bonds. The average molecular weight is 350 g/mol. The summed E-state index contributed by atoms with van der Waals surface area (Å²) in [6.45, 7) is 1.76. The molecule has 0 spiro atoms. The zero-order valence-corrected chi connectivity index (χ0v) is 11.8. The van der Waals surface area contributed by atoms with E-state index in [0.29, 0.717) is 10.6 Å². The van der Waals surface area contributed by atoms with Gasteiger partial charge < -0.3 is 4.90 Å². The molecule has 0 aliphatic carbocycles. The summed E-state index contributed by atoms with van der Waals surface area (Å²) >= 11 is 8.37. The maximum atomic E-state index is 12.1. The zero-order chi connectivity index (χ0) is 11.5. The molecule has 1 heterocycles. The summed E-state index contributed by atoms with van der Waals surface area (Å²) in [5, 5.41) is 0.694. The summed E-state index contributed by atoms with van der Waals surface area (Å²) < 4.78 is 0.870. The fraction of sp³-hybridized carbons (Fsp3) is 0.417. The van der Waals surface area contributed by atoms with Crippen LogP contribution in [-0.2, 0) is 4.43 Å². The Bertz CT molecular complexity index is 402. The molecule has 16 heavy (non-hydrogen) atoms. The van der Waals surface area contributed by atoms with Crippen LogP contribution in [0.25, 0.3) is 0 Å². The number of carbonyl (C=O) groups excluding carboxylic acids is 1.